The number of halogens is 4. The number of benzene rings is 1. The van der Waals surface area contributed by atoms with Crippen LogP contribution in [0.3, 0.4) is 0 Å². The third kappa shape index (κ3) is 2.63. The van der Waals surface area contributed by atoms with Crippen LogP contribution in [0.25, 0.3) is 0 Å². The van der Waals surface area contributed by atoms with E-state index >= 15 is 0 Å². The first kappa shape index (κ1) is 13.2. The van der Waals surface area contributed by atoms with E-state index in [-0.39, 0.29) is 6.61 Å². The van der Waals surface area contributed by atoms with Gasteiger partial charge in [0.05, 0.1) is 17.1 Å². The van der Waals surface area contributed by atoms with Gasteiger partial charge in [-0.3, -0.25) is 10.1 Å². The molecule has 0 aromatic heterocycles. The molecule has 0 aliphatic carbocycles. The summed E-state index contributed by atoms with van der Waals surface area (Å²) in [5.74, 6) is -2.46. The molecular weight excluding hydrogens is 246 g/mol. The Labute approximate surface area is 93.0 Å². The Morgan fingerprint density at radius 2 is 2.00 bits per heavy atom. The molecule has 0 atom stereocenters. The maximum atomic E-state index is 13.4. The van der Waals surface area contributed by atoms with Crippen molar-refractivity contribution in [3.8, 4) is 5.75 Å². The molecule has 0 saturated carbocycles. The predicted molar refractivity (Wildman–Crippen MR) is 49.2 cm³/mol. The summed E-state index contributed by atoms with van der Waals surface area (Å²) in [7, 11) is 0. The van der Waals surface area contributed by atoms with Crippen LogP contribution in [0, 0.1) is 15.9 Å². The highest BCUT2D eigenvalue weighted by Gasteiger charge is 2.39. The normalized spacial score (nSPS) is 11.4. The summed E-state index contributed by atoms with van der Waals surface area (Å²) in [5, 5.41) is 10.5. The molecule has 0 aliphatic rings. The maximum absolute atomic E-state index is 13.4. The standard InChI is InChI=1S/C9H7F4NO3/c1-2-17-6-4-3-5(9(11,12)13)7(10)8(6)14(15)16/h3-4H,2H2,1H3. The van der Waals surface area contributed by atoms with Crippen LogP contribution >= 0.6 is 0 Å². The number of ether oxygens (including phenoxy) is 1. The second-order valence-electron chi connectivity index (χ2n) is 2.96. The highest BCUT2D eigenvalue weighted by atomic mass is 19.4. The van der Waals surface area contributed by atoms with Crippen LogP contribution in [-0.2, 0) is 6.18 Å². The lowest BCUT2D eigenvalue weighted by Crippen LogP contribution is -2.11. The minimum atomic E-state index is -4.99. The summed E-state index contributed by atoms with van der Waals surface area (Å²) < 4.78 is 55.0. The van der Waals surface area contributed by atoms with E-state index < -0.39 is 33.9 Å². The fourth-order valence-electron chi connectivity index (χ4n) is 1.21. The largest absolute Gasteiger partial charge is 0.487 e. The molecule has 94 valence electrons. The third-order valence-corrected chi connectivity index (χ3v) is 1.87. The Kier molecular flexibility index (Phi) is 3.54. The van der Waals surface area contributed by atoms with Crippen molar-refractivity contribution in [1.29, 1.82) is 0 Å². The van der Waals surface area contributed by atoms with E-state index in [1.165, 1.54) is 6.92 Å². The molecule has 0 spiro atoms. The summed E-state index contributed by atoms with van der Waals surface area (Å²) in [6, 6.07) is 1.14. The average molecular weight is 253 g/mol. The molecule has 4 nitrogen and oxygen atoms in total. The third-order valence-electron chi connectivity index (χ3n) is 1.87. The zero-order chi connectivity index (χ0) is 13.2. The van der Waals surface area contributed by atoms with Crippen molar-refractivity contribution in [3.05, 3.63) is 33.6 Å². The van der Waals surface area contributed by atoms with Crippen molar-refractivity contribution in [3.63, 3.8) is 0 Å². The summed E-state index contributed by atoms with van der Waals surface area (Å²) in [6.07, 6.45) is -4.99. The van der Waals surface area contributed by atoms with E-state index in [0.717, 1.165) is 6.07 Å². The summed E-state index contributed by atoms with van der Waals surface area (Å²) in [6.45, 7) is 1.45. The molecule has 8 heteroatoms. The van der Waals surface area contributed by atoms with E-state index in [9.17, 15) is 27.7 Å². The molecule has 1 aromatic rings. The van der Waals surface area contributed by atoms with Gasteiger partial charge in [0.25, 0.3) is 0 Å². The highest BCUT2D eigenvalue weighted by Crippen LogP contribution is 2.39. The second-order valence-corrected chi connectivity index (χ2v) is 2.96. The number of nitro benzene ring substituents is 1. The molecular formula is C9H7F4NO3. The SMILES string of the molecule is CCOc1ccc(C(F)(F)F)c(F)c1[N+](=O)[O-]. The zero-order valence-electron chi connectivity index (χ0n) is 8.55. The van der Waals surface area contributed by atoms with Gasteiger partial charge in [0.15, 0.2) is 5.75 Å². The van der Waals surface area contributed by atoms with Crippen molar-refractivity contribution in [2.45, 2.75) is 13.1 Å². The van der Waals surface area contributed by atoms with E-state index in [1.807, 2.05) is 0 Å². The van der Waals surface area contributed by atoms with Gasteiger partial charge >= 0.3 is 11.9 Å². The first-order valence-corrected chi connectivity index (χ1v) is 4.46. The average Bonchev–Trinajstić information content (AvgIpc) is 2.15. The fraction of sp³-hybridized carbons (Fsp3) is 0.333. The molecule has 1 rings (SSSR count). The number of nitrogens with zero attached hydrogens (tertiary/aromatic N) is 1. The molecule has 0 amide bonds. The van der Waals surface area contributed by atoms with Gasteiger partial charge in [-0.1, -0.05) is 0 Å². The van der Waals surface area contributed by atoms with Gasteiger partial charge < -0.3 is 4.74 Å². The quantitative estimate of drug-likeness (QED) is 0.472. The smallest absolute Gasteiger partial charge is 0.419 e. The lowest BCUT2D eigenvalue weighted by molar-refractivity contribution is -0.388. The van der Waals surface area contributed by atoms with Crippen LogP contribution in [0.5, 0.6) is 5.75 Å². The fourth-order valence-corrected chi connectivity index (χ4v) is 1.21. The van der Waals surface area contributed by atoms with E-state index in [4.69, 9.17) is 4.74 Å². The van der Waals surface area contributed by atoms with Crippen molar-refractivity contribution in [1.82, 2.24) is 0 Å². The van der Waals surface area contributed by atoms with Crippen molar-refractivity contribution < 1.29 is 27.2 Å². The number of hydrogen-bond donors (Lipinski definition) is 0. The molecule has 1 aromatic carbocycles. The summed E-state index contributed by atoms with van der Waals surface area (Å²) in [5.41, 5.74) is -2.99. The molecule has 0 N–H and O–H groups in total. The van der Waals surface area contributed by atoms with Gasteiger partial charge in [0, 0.05) is 0 Å². The second kappa shape index (κ2) is 4.56. The number of rotatable bonds is 3. The minimum absolute atomic E-state index is 0.0222. The Bertz CT molecular complexity index is 445. The summed E-state index contributed by atoms with van der Waals surface area (Å²) >= 11 is 0. The van der Waals surface area contributed by atoms with Gasteiger partial charge in [-0.25, -0.2) is 0 Å². The molecule has 0 unspecified atom stereocenters. The Hall–Kier alpha value is -1.86. The predicted octanol–water partition coefficient (Wildman–Crippen LogP) is 3.15. The lowest BCUT2D eigenvalue weighted by atomic mass is 10.1. The number of alkyl halides is 3. The monoisotopic (exact) mass is 253 g/mol. The molecule has 0 bridgehead atoms. The van der Waals surface area contributed by atoms with Crippen LogP contribution < -0.4 is 4.74 Å². The van der Waals surface area contributed by atoms with Crippen LogP contribution in [0.15, 0.2) is 12.1 Å². The molecule has 0 saturated heterocycles. The zero-order valence-corrected chi connectivity index (χ0v) is 8.55. The van der Waals surface area contributed by atoms with E-state index in [2.05, 4.69) is 0 Å². The Balaban J connectivity index is 3.44. The van der Waals surface area contributed by atoms with Crippen LogP contribution in [0.4, 0.5) is 23.2 Å². The van der Waals surface area contributed by atoms with Gasteiger partial charge in [0.2, 0.25) is 5.82 Å². The van der Waals surface area contributed by atoms with Gasteiger partial charge in [0.1, 0.15) is 0 Å². The van der Waals surface area contributed by atoms with Gasteiger partial charge in [-0.2, -0.15) is 17.6 Å². The Morgan fingerprint density at radius 3 is 2.41 bits per heavy atom. The van der Waals surface area contributed by atoms with Crippen LogP contribution in [-0.4, -0.2) is 11.5 Å². The van der Waals surface area contributed by atoms with Crippen molar-refractivity contribution in [2.24, 2.45) is 0 Å². The highest BCUT2D eigenvalue weighted by molar-refractivity contribution is 5.51. The van der Waals surface area contributed by atoms with E-state index in [0.29, 0.717) is 6.07 Å². The molecule has 17 heavy (non-hydrogen) atoms. The number of hydrogen-bond acceptors (Lipinski definition) is 3. The van der Waals surface area contributed by atoms with Crippen LogP contribution in [0.2, 0.25) is 0 Å². The Morgan fingerprint density at radius 1 is 1.41 bits per heavy atom. The van der Waals surface area contributed by atoms with Gasteiger partial charge in [-0.15, -0.1) is 0 Å². The number of nitro groups is 1. The maximum Gasteiger partial charge on any atom is 0.419 e. The first-order chi connectivity index (χ1) is 7.79. The first-order valence-electron chi connectivity index (χ1n) is 4.46. The van der Waals surface area contributed by atoms with Crippen molar-refractivity contribution >= 4 is 5.69 Å². The molecule has 0 heterocycles. The minimum Gasteiger partial charge on any atom is -0.487 e. The topological polar surface area (TPSA) is 52.4 Å². The van der Waals surface area contributed by atoms with E-state index in [1.54, 1.807) is 0 Å². The summed E-state index contributed by atoms with van der Waals surface area (Å²) in [4.78, 5) is 9.27. The van der Waals surface area contributed by atoms with Gasteiger partial charge in [-0.05, 0) is 19.1 Å². The molecule has 0 fully saturated rings. The van der Waals surface area contributed by atoms with Crippen molar-refractivity contribution in [2.75, 3.05) is 6.61 Å². The lowest BCUT2D eigenvalue weighted by Gasteiger charge is -2.10. The van der Waals surface area contributed by atoms with Crippen LogP contribution in [0.1, 0.15) is 12.5 Å². The molecule has 0 aliphatic heterocycles. The molecule has 0 radical (unpaired) electrons.